The van der Waals surface area contributed by atoms with E-state index >= 15 is 0 Å². The highest BCUT2D eigenvalue weighted by molar-refractivity contribution is 5.38. The van der Waals surface area contributed by atoms with Crippen molar-refractivity contribution in [3.8, 4) is 11.5 Å². The number of aryl methyl sites for hydroxylation is 1. The van der Waals surface area contributed by atoms with Crippen molar-refractivity contribution >= 4 is 0 Å². The molecule has 0 aliphatic carbocycles. The number of benzene rings is 1. The zero-order valence-electron chi connectivity index (χ0n) is 11.1. The van der Waals surface area contributed by atoms with Crippen LogP contribution in [-0.2, 0) is 6.42 Å². The van der Waals surface area contributed by atoms with Crippen molar-refractivity contribution in [2.75, 3.05) is 27.3 Å². The number of rotatable bonds is 8. The van der Waals surface area contributed by atoms with E-state index < -0.39 is 0 Å². The van der Waals surface area contributed by atoms with Crippen LogP contribution in [0.2, 0.25) is 0 Å². The molecular weight excluding hydrogens is 214 g/mol. The summed E-state index contributed by atoms with van der Waals surface area (Å²) in [7, 11) is 3.36. The van der Waals surface area contributed by atoms with E-state index in [1.807, 2.05) is 6.07 Å². The summed E-state index contributed by atoms with van der Waals surface area (Å²) in [6.07, 6.45) is 3.37. The monoisotopic (exact) mass is 237 g/mol. The summed E-state index contributed by atoms with van der Waals surface area (Å²) in [5.74, 6) is 1.72. The van der Waals surface area contributed by atoms with Gasteiger partial charge in [-0.2, -0.15) is 0 Å². The van der Waals surface area contributed by atoms with Gasteiger partial charge in [0.1, 0.15) is 11.5 Å². The largest absolute Gasteiger partial charge is 0.497 e. The summed E-state index contributed by atoms with van der Waals surface area (Å²) >= 11 is 0. The lowest BCUT2D eigenvalue weighted by molar-refractivity contribution is 0.393. The third-order valence-corrected chi connectivity index (χ3v) is 2.66. The average molecular weight is 237 g/mol. The van der Waals surface area contributed by atoms with Crippen LogP contribution in [0.5, 0.6) is 11.5 Å². The van der Waals surface area contributed by atoms with Gasteiger partial charge < -0.3 is 14.8 Å². The highest BCUT2D eigenvalue weighted by Crippen LogP contribution is 2.23. The second-order valence-electron chi connectivity index (χ2n) is 4.07. The summed E-state index contributed by atoms with van der Waals surface area (Å²) in [6, 6.07) is 6.05. The molecule has 0 bridgehead atoms. The molecule has 1 aromatic carbocycles. The van der Waals surface area contributed by atoms with Gasteiger partial charge in [-0.1, -0.05) is 6.92 Å². The Balaban J connectivity index is 2.46. The normalized spacial score (nSPS) is 10.3. The smallest absolute Gasteiger partial charge is 0.122 e. The van der Waals surface area contributed by atoms with Gasteiger partial charge in [0.05, 0.1) is 14.2 Å². The highest BCUT2D eigenvalue weighted by atomic mass is 16.5. The Kier molecular flexibility index (Phi) is 6.48. The van der Waals surface area contributed by atoms with Crippen LogP contribution in [0.4, 0.5) is 0 Å². The third-order valence-electron chi connectivity index (χ3n) is 2.66. The molecule has 0 aromatic heterocycles. The van der Waals surface area contributed by atoms with Crippen LogP contribution >= 0.6 is 0 Å². The molecule has 0 amide bonds. The lowest BCUT2D eigenvalue weighted by Crippen LogP contribution is -2.16. The minimum atomic E-state index is 0.862. The second kappa shape index (κ2) is 7.96. The van der Waals surface area contributed by atoms with Crippen molar-refractivity contribution in [2.24, 2.45) is 0 Å². The predicted molar refractivity (Wildman–Crippen MR) is 71.0 cm³/mol. The first-order valence-corrected chi connectivity index (χ1v) is 6.22. The molecule has 0 aliphatic rings. The Morgan fingerprint density at radius 2 is 1.65 bits per heavy atom. The lowest BCUT2D eigenvalue weighted by Gasteiger charge is -2.08. The maximum absolute atomic E-state index is 5.25. The Morgan fingerprint density at radius 1 is 1.00 bits per heavy atom. The Morgan fingerprint density at radius 3 is 2.18 bits per heavy atom. The van der Waals surface area contributed by atoms with Crippen molar-refractivity contribution in [3.05, 3.63) is 23.8 Å². The van der Waals surface area contributed by atoms with Crippen LogP contribution in [0.1, 0.15) is 25.3 Å². The van der Waals surface area contributed by atoms with E-state index in [0.29, 0.717) is 0 Å². The number of ether oxygens (including phenoxy) is 2. The van der Waals surface area contributed by atoms with E-state index in [0.717, 1.165) is 37.4 Å². The van der Waals surface area contributed by atoms with Crippen molar-refractivity contribution in [2.45, 2.75) is 26.2 Å². The molecule has 0 spiro atoms. The predicted octanol–water partition coefficient (Wildman–Crippen LogP) is 2.64. The summed E-state index contributed by atoms with van der Waals surface area (Å²) in [5.41, 5.74) is 1.26. The SMILES string of the molecule is CCCNCCCc1cc(OC)cc(OC)c1. The maximum atomic E-state index is 5.25. The van der Waals surface area contributed by atoms with Gasteiger partial charge in [-0.3, -0.25) is 0 Å². The Bertz CT molecular complexity index is 304. The molecule has 0 aliphatic heterocycles. The zero-order valence-corrected chi connectivity index (χ0v) is 11.1. The average Bonchev–Trinajstić information content (AvgIpc) is 2.38. The van der Waals surface area contributed by atoms with Crippen LogP contribution in [0.25, 0.3) is 0 Å². The van der Waals surface area contributed by atoms with Gasteiger partial charge in [-0.15, -0.1) is 0 Å². The molecule has 0 fully saturated rings. The fourth-order valence-corrected chi connectivity index (χ4v) is 1.73. The molecule has 3 heteroatoms. The molecule has 0 heterocycles. The van der Waals surface area contributed by atoms with Crippen molar-refractivity contribution in [1.82, 2.24) is 5.32 Å². The fourth-order valence-electron chi connectivity index (χ4n) is 1.73. The molecule has 0 saturated carbocycles. The first-order chi connectivity index (χ1) is 8.30. The summed E-state index contributed by atoms with van der Waals surface area (Å²) < 4.78 is 10.5. The molecule has 0 radical (unpaired) electrons. The van der Waals surface area contributed by atoms with Crippen LogP contribution < -0.4 is 14.8 Å². The third kappa shape index (κ3) is 5.09. The molecular formula is C14H23NO2. The summed E-state index contributed by atoms with van der Waals surface area (Å²) in [4.78, 5) is 0. The number of hydrogen-bond acceptors (Lipinski definition) is 3. The molecule has 17 heavy (non-hydrogen) atoms. The van der Waals surface area contributed by atoms with Crippen LogP contribution in [0.15, 0.2) is 18.2 Å². The van der Waals surface area contributed by atoms with Gasteiger partial charge >= 0.3 is 0 Å². The van der Waals surface area contributed by atoms with Gasteiger partial charge in [0, 0.05) is 6.07 Å². The van der Waals surface area contributed by atoms with Gasteiger partial charge in [0.2, 0.25) is 0 Å². The Hall–Kier alpha value is -1.22. The van der Waals surface area contributed by atoms with Gasteiger partial charge in [-0.25, -0.2) is 0 Å². The molecule has 1 rings (SSSR count). The van der Waals surface area contributed by atoms with E-state index in [1.54, 1.807) is 14.2 Å². The van der Waals surface area contributed by atoms with Gasteiger partial charge in [0.25, 0.3) is 0 Å². The molecule has 0 unspecified atom stereocenters. The first kappa shape index (κ1) is 13.8. The van der Waals surface area contributed by atoms with Gasteiger partial charge in [0.15, 0.2) is 0 Å². The molecule has 1 N–H and O–H groups in total. The van der Waals surface area contributed by atoms with E-state index in [2.05, 4.69) is 24.4 Å². The zero-order chi connectivity index (χ0) is 12.5. The van der Waals surface area contributed by atoms with Crippen LogP contribution in [0.3, 0.4) is 0 Å². The maximum Gasteiger partial charge on any atom is 0.122 e. The van der Waals surface area contributed by atoms with E-state index in [1.165, 1.54) is 12.0 Å². The number of methoxy groups -OCH3 is 2. The van der Waals surface area contributed by atoms with Crippen molar-refractivity contribution < 1.29 is 9.47 Å². The van der Waals surface area contributed by atoms with Crippen molar-refractivity contribution in [1.29, 1.82) is 0 Å². The van der Waals surface area contributed by atoms with Crippen LogP contribution in [-0.4, -0.2) is 27.3 Å². The summed E-state index contributed by atoms with van der Waals surface area (Å²) in [6.45, 7) is 4.34. The number of nitrogens with one attached hydrogen (secondary N) is 1. The minimum Gasteiger partial charge on any atom is -0.497 e. The van der Waals surface area contributed by atoms with E-state index in [4.69, 9.17) is 9.47 Å². The molecule has 96 valence electrons. The first-order valence-electron chi connectivity index (χ1n) is 6.22. The van der Waals surface area contributed by atoms with Gasteiger partial charge in [-0.05, 0) is 50.0 Å². The lowest BCUT2D eigenvalue weighted by atomic mass is 10.1. The number of hydrogen-bond donors (Lipinski definition) is 1. The topological polar surface area (TPSA) is 30.5 Å². The highest BCUT2D eigenvalue weighted by Gasteiger charge is 2.01. The van der Waals surface area contributed by atoms with Crippen molar-refractivity contribution in [3.63, 3.8) is 0 Å². The summed E-state index contributed by atoms with van der Waals surface area (Å²) in [5, 5.41) is 3.40. The minimum absolute atomic E-state index is 0.862. The standard InChI is InChI=1S/C14H23NO2/c1-4-7-15-8-5-6-12-9-13(16-2)11-14(10-12)17-3/h9-11,15H,4-8H2,1-3H3. The molecule has 0 saturated heterocycles. The molecule has 1 aromatic rings. The molecule has 0 atom stereocenters. The van der Waals surface area contributed by atoms with E-state index in [-0.39, 0.29) is 0 Å². The fraction of sp³-hybridized carbons (Fsp3) is 0.571. The second-order valence-corrected chi connectivity index (χ2v) is 4.07. The Labute approximate surface area is 104 Å². The van der Waals surface area contributed by atoms with E-state index in [9.17, 15) is 0 Å². The quantitative estimate of drug-likeness (QED) is 0.705. The molecule has 3 nitrogen and oxygen atoms in total. The van der Waals surface area contributed by atoms with Crippen LogP contribution in [0, 0.1) is 0 Å².